The summed E-state index contributed by atoms with van der Waals surface area (Å²) in [5.74, 6) is -0.0335. The molecule has 7 nitrogen and oxygen atoms in total. The van der Waals surface area contributed by atoms with Crippen molar-refractivity contribution in [1.29, 1.82) is 0 Å². The van der Waals surface area contributed by atoms with Gasteiger partial charge in [-0.2, -0.15) is 0 Å². The lowest BCUT2D eigenvalue weighted by Gasteiger charge is -2.33. The molecule has 0 aromatic carbocycles. The summed E-state index contributed by atoms with van der Waals surface area (Å²) in [5.41, 5.74) is 5.44. The molecule has 0 radical (unpaired) electrons. The number of nitrogens with zero attached hydrogens (tertiary/aromatic N) is 2. The third-order valence-corrected chi connectivity index (χ3v) is 3.38. The van der Waals surface area contributed by atoms with Gasteiger partial charge in [0.15, 0.2) is 5.76 Å². The normalized spacial score (nSPS) is 16.4. The number of rotatable bonds is 5. The lowest BCUT2D eigenvalue weighted by molar-refractivity contribution is -0.137. The standard InChI is InChI=1S/C13H19N3O4/c14-9-10-1-2-11(20-10)13(19)16-7-5-15(6-8-16)4-3-12(17)18/h1-2H,3-9,14H2,(H,17,18). The third kappa shape index (κ3) is 3.58. The second kappa shape index (κ2) is 6.53. The first-order chi connectivity index (χ1) is 9.60. The number of nitrogens with two attached hydrogens (primary N) is 1. The van der Waals surface area contributed by atoms with Crippen LogP contribution in [0.4, 0.5) is 0 Å². The second-order valence-electron chi connectivity index (χ2n) is 4.75. The fraction of sp³-hybridized carbons (Fsp3) is 0.538. The van der Waals surface area contributed by atoms with Crippen molar-refractivity contribution in [3.63, 3.8) is 0 Å². The minimum atomic E-state index is -0.798. The smallest absolute Gasteiger partial charge is 0.304 e. The quantitative estimate of drug-likeness (QED) is 0.786. The van der Waals surface area contributed by atoms with E-state index < -0.39 is 5.97 Å². The number of carboxylic acid groups (broad SMARTS) is 1. The number of furan rings is 1. The van der Waals surface area contributed by atoms with E-state index in [1.54, 1.807) is 17.0 Å². The lowest BCUT2D eigenvalue weighted by Crippen LogP contribution is -2.49. The fourth-order valence-corrected chi connectivity index (χ4v) is 2.19. The van der Waals surface area contributed by atoms with Gasteiger partial charge in [-0.25, -0.2) is 0 Å². The molecule has 1 amide bonds. The molecule has 3 N–H and O–H groups in total. The van der Waals surface area contributed by atoms with E-state index in [-0.39, 0.29) is 18.9 Å². The minimum absolute atomic E-state index is 0.131. The number of amides is 1. The molecule has 0 spiro atoms. The molecule has 0 bridgehead atoms. The first kappa shape index (κ1) is 14.5. The van der Waals surface area contributed by atoms with Gasteiger partial charge in [0.1, 0.15) is 5.76 Å². The average Bonchev–Trinajstić information content (AvgIpc) is 2.94. The summed E-state index contributed by atoms with van der Waals surface area (Å²) in [6.45, 7) is 3.33. The number of carbonyl (C=O) groups excluding carboxylic acids is 1. The number of carbonyl (C=O) groups is 2. The van der Waals surface area contributed by atoms with E-state index in [4.69, 9.17) is 15.3 Å². The van der Waals surface area contributed by atoms with Crippen LogP contribution in [0.25, 0.3) is 0 Å². The van der Waals surface area contributed by atoms with Crippen molar-refractivity contribution in [2.24, 2.45) is 5.73 Å². The molecule has 0 aliphatic carbocycles. The van der Waals surface area contributed by atoms with Crippen LogP contribution in [0.1, 0.15) is 22.7 Å². The number of piperazine rings is 1. The monoisotopic (exact) mass is 281 g/mol. The maximum Gasteiger partial charge on any atom is 0.304 e. The Kier molecular flexibility index (Phi) is 4.75. The van der Waals surface area contributed by atoms with Crippen LogP contribution in [0, 0.1) is 0 Å². The number of hydrogen-bond acceptors (Lipinski definition) is 5. The molecule has 7 heteroatoms. The van der Waals surface area contributed by atoms with Crippen LogP contribution in [0.2, 0.25) is 0 Å². The Bertz CT molecular complexity index is 478. The van der Waals surface area contributed by atoms with Crippen LogP contribution < -0.4 is 5.73 Å². The molecule has 2 rings (SSSR count). The van der Waals surface area contributed by atoms with Gasteiger partial charge in [-0.15, -0.1) is 0 Å². The third-order valence-electron chi connectivity index (χ3n) is 3.38. The van der Waals surface area contributed by atoms with Gasteiger partial charge in [-0.05, 0) is 12.1 Å². The van der Waals surface area contributed by atoms with Gasteiger partial charge >= 0.3 is 5.97 Å². The Morgan fingerprint density at radius 1 is 1.25 bits per heavy atom. The molecule has 1 aromatic heterocycles. The molecule has 1 aromatic rings. The van der Waals surface area contributed by atoms with Crippen molar-refractivity contribution in [2.45, 2.75) is 13.0 Å². The Balaban J connectivity index is 1.84. The first-order valence-corrected chi connectivity index (χ1v) is 6.62. The minimum Gasteiger partial charge on any atom is -0.481 e. The van der Waals surface area contributed by atoms with Crippen LogP contribution in [0.15, 0.2) is 16.5 Å². The van der Waals surface area contributed by atoms with Gasteiger partial charge in [0, 0.05) is 32.7 Å². The van der Waals surface area contributed by atoms with Crippen LogP contribution in [0.3, 0.4) is 0 Å². The zero-order chi connectivity index (χ0) is 14.5. The highest BCUT2D eigenvalue weighted by Gasteiger charge is 2.24. The summed E-state index contributed by atoms with van der Waals surface area (Å²) in [5, 5.41) is 8.64. The highest BCUT2D eigenvalue weighted by molar-refractivity contribution is 5.91. The SMILES string of the molecule is NCc1ccc(C(=O)N2CCN(CCC(=O)O)CC2)o1. The molecule has 1 fully saturated rings. The van der Waals surface area contributed by atoms with Crippen molar-refractivity contribution < 1.29 is 19.1 Å². The fourth-order valence-electron chi connectivity index (χ4n) is 2.19. The van der Waals surface area contributed by atoms with Crippen LogP contribution >= 0.6 is 0 Å². The zero-order valence-corrected chi connectivity index (χ0v) is 11.2. The highest BCUT2D eigenvalue weighted by atomic mass is 16.4. The van der Waals surface area contributed by atoms with E-state index >= 15 is 0 Å². The van der Waals surface area contributed by atoms with Gasteiger partial charge in [-0.3, -0.25) is 14.5 Å². The van der Waals surface area contributed by atoms with Crippen molar-refractivity contribution in [1.82, 2.24) is 9.80 Å². The van der Waals surface area contributed by atoms with Crippen LogP contribution in [-0.4, -0.2) is 59.5 Å². The summed E-state index contributed by atoms with van der Waals surface area (Å²) in [4.78, 5) is 26.5. The van der Waals surface area contributed by atoms with Gasteiger partial charge in [-0.1, -0.05) is 0 Å². The topological polar surface area (TPSA) is 100 Å². The van der Waals surface area contributed by atoms with Crippen molar-refractivity contribution in [3.05, 3.63) is 23.7 Å². The van der Waals surface area contributed by atoms with E-state index in [9.17, 15) is 9.59 Å². The molecule has 20 heavy (non-hydrogen) atoms. The molecule has 1 aliphatic rings. The van der Waals surface area contributed by atoms with E-state index in [1.807, 2.05) is 4.90 Å². The van der Waals surface area contributed by atoms with Gasteiger partial charge < -0.3 is 20.2 Å². The van der Waals surface area contributed by atoms with Crippen LogP contribution in [0.5, 0.6) is 0 Å². The number of aliphatic carboxylic acids is 1. The van der Waals surface area contributed by atoms with E-state index in [0.717, 1.165) is 0 Å². The van der Waals surface area contributed by atoms with E-state index in [2.05, 4.69) is 0 Å². The molecule has 0 atom stereocenters. The Morgan fingerprint density at radius 3 is 2.50 bits per heavy atom. The summed E-state index contributed by atoms with van der Waals surface area (Å²) in [7, 11) is 0. The Hall–Kier alpha value is -1.86. The van der Waals surface area contributed by atoms with Gasteiger partial charge in [0.05, 0.1) is 13.0 Å². The highest BCUT2D eigenvalue weighted by Crippen LogP contribution is 2.12. The first-order valence-electron chi connectivity index (χ1n) is 6.62. The lowest BCUT2D eigenvalue weighted by atomic mass is 10.2. The largest absolute Gasteiger partial charge is 0.481 e. The molecule has 0 unspecified atom stereocenters. The Morgan fingerprint density at radius 2 is 1.95 bits per heavy atom. The molecule has 110 valence electrons. The Labute approximate surface area is 116 Å². The number of carboxylic acids is 1. The zero-order valence-electron chi connectivity index (χ0n) is 11.2. The molecule has 1 aliphatic heterocycles. The maximum absolute atomic E-state index is 12.2. The molecule has 0 saturated carbocycles. The predicted molar refractivity (Wildman–Crippen MR) is 71.2 cm³/mol. The summed E-state index contributed by atoms with van der Waals surface area (Å²) >= 11 is 0. The van der Waals surface area contributed by atoms with E-state index in [0.29, 0.717) is 44.2 Å². The van der Waals surface area contributed by atoms with Gasteiger partial charge in [0.25, 0.3) is 5.91 Å². The van der Waals surface area contributed by atoms with Crippen molar-refractivity contribution in [3.8, 4) is 0 Å². The summed E-state index contributed by atoms with van der Waals surface area (Å²) < 4.78 is 5.35. The molecular formula is C13H19N3O4. The summed E-state index contributed by atoms with van der Waals surface area (Å²) in [6.07, 6.45) is 0.131. The second-order valence-corrected chi connectivity index (χ2v) is 4.75. The van der Waals surface area contributed by atoms with Crippen molar-refractivity contribution >= 4 is 11.9 Å². The van der Waals surface area contributed by atoms with Crippen molar-refractivity contribution in [2.75, 3.05) is 32.7 Å². The molecule has 2 heterocycles. The predicted octanol–water partition coefficient (Wildman–Crippen LogP) is -0.0292. The van der Waals surface area contributed by atoms with E-state index in [1.165, 1.54) is 0 Å². The van der Waals surface area contributed by atoms with Gasteiger partial charge in [0.2, 0.25) is 0 Å². The molecule has 1 saturated heterocycles. The average molecular weight is 281 g/mol. The summed E-state index contributed by atoms with van der Waals surface area (Å²) in [6, 6.07) is 3.34. The molecular weight excluding hydrogens is 262 g/mol. The maximum atomic E-state index is 12.2. The number of hydrogen-bond donors (Lipinski definition) is 2. The van der Waals surface area contributed by atoms with Crippen LogP contribution in [-0.2, 0) is 11.3 Å².